The Morgan fingerprint density at radius 2 is 2.41 bits per heavy atom. The predicted molar refractivity (Wildman–Crippen MR) is 83.9 cm³/mol. The molecule has 1 amide bonds. The summed E-state index contributed by atoms with van der Waals surface area (Å²) in [4.78, 5) is 32.4. The highest BCUT2D eigenvalue weighted by molar-refractivity contribution is 5.76. The number of ether oxygens (including phenoxy) is 1. The molecule has 1 atom stereocenters. The van der Waals surface area contributed by atoms with Crippen LogP contribution in [0.4, 0.5) is 5.82 Å². The number of carbonyl (C=O) groups is 1. The Balaban J connectivity index is 1.84. The molecule has 0 aromatic carbocycles. The number of aromatic amines is 1. The molecule has 0 saturated carbocycles. The molecule has 1 fully saturated rings. The van der Waals surface area contributed by atoms with E-state index < -0.39 is 0 Å². The van der Waals surface area contributed by atoms with Gasteiger partial charge in [-0.25, -0.2) is 4.98 Å². The number of nitrogens with zero attached hydrogens (tertiary/aromatic N) is 2. The second-order valence-electron chi connectivity index (χ2n) is 5.76. The SMILES string of the molecule is CC(C)OCCC(=O)NC1CCCN(c2ncc[nH]c2=O)C1. The molecule has 1 aromatic rings. The van der Waals surface area contributed by atoms with Crippen molar-refractivity contribution < 1.29 is 9.53 Å². The Bertz CT molecular complexity index is 544. The number of carbonyl (C=O) groups excluding carboxylic acids is 1. The number of H-pyrrole nitrogens is 1. The Morgan fingerprint density at radius 3 is 3.14 bits per heavy atom. The van der Waals surface area contributed by atoms with Gasteiger partial charge in [-0.1, -0.05) is 0 Å². The van der Waals surface area contributed by atoms with Gasteiger partial charge in [-0.3, -0.25) is 9.59 Å². The van der Waals surface area contributed by atoms with Crippen molar-refractivity contribution in [1.82, 2.24) is 15.3 Å². The van der Waals surface area contributed by atoms with E-state index in [1.807, 2.05) is 18.7 Å². The third-order valence-electron chi connectivity index (χ3n) is 3.56. The summed E-state index contributed by atoms with van der Waals surface area (Å²) in [5.41, 5.74) is -0.195. The molecule has 7 nitrogen and oxygen atoms in total. The van der Waals surface area contributed by atoms with E-state index in [1.165, 1.54) is 6.20 Å². The van der Waals surface area contributed by atoms with E-state index in [9.17, 15) is 9.59 Å². The minimum Gasteiger partial charge on any atom is -0.378 e. The Hall–Kier alpha value is -1.89. The van der Waals surface area contributed by atoms with E-state index in [1.54, 1.807) is 6.20 Å². The lowest BCUT2D eigenvalue weighted by Crippen LogP contribution is -2.49. The fourth-order valence-electron chi connectivity index (χ4n) is 2.54. The van der Waals surface area contributed by atoms with Crippen molar-refractivity contribution >= 4 is 11.7 Å². The summed E-state index contributed by atoms with van der Waals surface area (Å²) in [5, 5.41) is 3.01. The normalized spacial score (nSPS) is 18.5. The van der Waals surface area contributed by atoms with Crippen LogP contribution in [0.1, 0.15) is 33.1 Å². The van der Waals surface area contributed by atoms with Gasteiger partial charge in [0.25, 0.3) is 5.56 Å². The maximum Gasteiger partial charge on any atom is 0.290 e. The van der Waals surface area contributed by atoms with Crippen LogP contribution in [0, 0.1) is 0 Å². The Kier molecular flexibility index (Phi) is 5.94. The maximum absolute atomic E-state index is 11.9. The van der Waals surface area contributed by atoms with Crippen LogP contribution in [0.25, 0.3) is 0 Å². The maximum atomic E-state index is 11.9. The highest BCUT2D eigenvalue weighted by Gasteiger charge is 2.23. The first kappa shape index (κ1) is 16.5. The fourth-order valence-corrected chi connectivity index (χ4v) is 2.54. The molecule has 1 aromatic heterocycles. The molecule has 1 aliphatic rings. The average molecular weight is 308 g/mol. The molecule has 0 spiro atoms. The monoisotopic (exact) mass is 308 g/mol. The highest BCUT2D eigenvalue weighted by Crippen LogP contribution is 2.14. The molecule has 1 saturated heterocycles. The minimum atomic E-state index is -0.195. The third-order valence-corrected chi connectivity index (χ3v) is 3.56. The lowest BCUT2D eigenvalue weighted by molar-refractivity contribution is -0.123. The Morgan fingerprint density at radius 1 is 1.59 bits per heavy atom. The third kappa shape index (κ3) is 4.84. The number of rotatable bonds is 6. The Labute approximate surface area is 130 Å². The van der Waals surface area contributed by atoms with Crippen molar-refractivity contribution in [3.05, 3.63) is 22.7 Å². The van der Waals surface area contributed by atoms with E-state index in [4.69, 9.17) is 4.74 Å². The topological polar surface area (TPSA) is 87.3 Å². The van der Waals surface area contributed by atoms with E-state index in [0.717, 1.165) is 19.4 Å². The van der Waals surface area contributed by atoms with Crippen LogP contribution in [0.15, 0.2) is 17.2 Å². The lowest BCUT2D eigenvalue weighted by atomic mass is 10.1. The van der Waals surface area contributed by atoms with Gasteiger partial charge in [-0.15, -0.1) is 0 Å². The minimum absolute atomic E-state index is 0.0116. The largest absolute Gasteiger partial charge is 0.378 e. The van der Waals surface area contributed by atoms with Gasteiger partial charge >= 0.3 is 0 Å². The molecule has 0 aliphatic carbocycles. The predicted octanol–water partition coefficient (Wildman–Crippen LogP) is 0.670. The number of aromatic nitrogens is 2. The van der Waals surface area contributed by atoms with Gasteiger partial charge in [0.15, 0.2) is 5.82 Å². The van der Waals surface area contributed by atoms with Gasteiger partial charge in [0, 0.05) is 37.9 Å². The summed E-state index contributed by atoms with van der Waals surface area (Å²) >= 11 is 0. The quantitative estimate of drug-likeness (QED) is 0.806. The number of piperidine rings is 1. The molecule has 1 unspecified atom stereocenters. The summed E-state index contributed by atoms with van der Waals surface area (Å²) in [6.07, 6.45) is 5.42. The van der Waals surface area contributed by atoms with Crippen LogP contribution in [0.2, 0.25) is 0 Å². The number of hydrogen-bond acceptors (Lipinski definition) is 5. The second-order valence-corrected chi connectivity index (χ2v) is 5.76. The van der Waals surface area contributed by atoms with Crippen LogP contribution in [0.3, 0.4) is 0 Å². The second kappa shape index (κ2) is 7.93. The van der Waals surface area contributed by atoms with Crippen molar-refractivity contribution in [2.45, 2.75) is 45.3 Å². The highest BCUT2D eigenvalue weighted by atomic mass is 16.5. The molecule has 0 bridgehead atoms. The van der Waals surface area contributed by atoms with E-state index in [0.29, 0.717) is 25.4 Å². The molecule has 7 heteroatoms. The zero-order valence-corrected chi connectivity index (χ0v) is 13.2. The van der Waals surface area contributed by atoms with Gasteiger partial charge < -0.3 is 19.9 Å². The number of amides is 1. The molecular weight excluding hydrogens is 284 g/mol. The summed E-state index contributed by atoms with van der Waals surface area (Å²) in [7, 11) is 0. The van der Waals surface area contributed by atoms with Crippen molar-refractivity contribution in [2.75, 3.05) is 24.6 Å². The molecule has 2 heterocycles. The average Bonchev–Trinajstić information content (AvgIpc) is 2.47. The van der Waals surface area contributed by atoms with Crippen molar-refractivity contribution in [3.8, 4) is 0 Å². The standard InChI is InChI=1S/C15H24N4O3/c1-11(2)22-9-5-13(20)18-12-4-3-8-19(10-12)14-15(21)17-7-6-16-14/h6-7,11-12H,3-5,8-10H2,1-2H3,(H,17,21)(H,18,20). The zero-order chi connectivity index (χ0) is 15.9. The molecule has 2 rings (SSSR count). The van der Waals surface area contributed by atoms with Gasteiger partial charge in [0.2, 0.25) is 5.91 Å². The van der Waals surface area contributed by atoms with Crippen LogP contribution >= 0.6 is 0 Å². The number of hydrogen-bond donors (Lipinski definition) is 2. The molecule has 2 N–H and O–H groups in total. The first-order valence-corrected chi connectivity index (χ1v) is 7.76. The van der Waals surface area contributed by atoms with Gasteiger partial charge in [0.1, 0.15) is 0 Å². The molecule has 22 heavy (non-hydrogen) atoms. The van der Waals surface area contributed by atoms with Crippen molar-refractivity contribution in [2.24, 2.45) is 0 Å². The van der Waals surface area contributed by atoms with Gasteiger partial charge in [-0.2, -0.15) is 0 Å². The summed E-state index contributed by atoms with van der Waals surface area (Å²) in [5.74, 6) is 0.409. The summed E-state index contributed by atoms with van der Waals surface area (Å²) in [6.45, 7) is 5.71. The van der Waals surface area contributed by atoms with E-state index in [2.05, 4.69) is 15.3 Å². The van der Waals surface area contributed by atoms with Crippen LogP contribution in [0.5, 0.6) is 0 Å². The van der Waals surface area contributed by atoms with E-state index >= 15 is 0 Å². The molecule has 1 aliphatic heterocycles. The first-order valence-electron chi connectivity index (χ1n) is 7.76. The molecular formula is C15H24N4O3. The lowest BCUT2D eigenvalue weighted by Gasteiger charge is -2.33. The smallest absolute Gasteiger partial charge is 0.290 e. The summed E-state index contributed by atoms with van der Waals surface area (Å²) < 4.78 is 5.38. The summed E-state index contributed by atoms with van der Waals surface area (Å²) in [6, 6.07) is 0.0432. The fraction of sp³-hybridized carbons (Fsp3) is 0.667. The molecule has 0 radical (unpaired) electrons. The van der Waals surface area contributed by atoms with Crippen molar-refractivity contribution in [3.63, 3.8) is 0 Å². The zero-order valence-electron chi connectivity index (χ0n) is 13.2. The van der Waals surface area contributed by atoms with Gasteiger partial charge in [0.05, 0.1) is 12.7 Å². The number of anilines is 1. The van der Waals surface area contributed by atoms with Crippen LogP contribution < -0.4 is 15.8 Å². The molecule has 122 valence electrons. The van der Waals surface area contributed by atoms with Crippen LogP contribution in [-0.2, 0) is 9.53 Å². The van der Waals surface area contributed by atoms with E-state index in [-0.39, 0.29) is 23.6 Å². The number of nitrogens with one attached hydrogen (secondary N) is 2. The first-order chi connectivity index (χ1) is 10.6. The van der Waals surface area contributed by atoms with Crippen molar-refractivity contribution in [1.29, 1.82) is 0 Å². The van der Waals surface area contributed by atoms with Crippen LogP contribution in [-0.4, -0.2) is 47.7 Å². The van der Waals surface area contributed by atoms with Gasteiger partial charge in [-0.05, 0) is 26.7 Å².